The molecule has 1 unspecified atom stereocenters. The summed E-state index contributed by atoms with van der Waals surface area (Å²) < 4.78 is 5.92. The zero-order valence-corrected chi connectivity index (χ0v) is 12.6. The second-order valence-electron chi connectivity index (χ2n) is 6.44. The summed E-state index contributed by atoms with van der Waals surface area (Å²) in [5, 5.41) is 4.85. The number of benzene rings is 1. The highest BCUT2D eigenvalue weighted by Crippen LogP contribution is 2.29. The van der Waals surface area contributed by atoms with Gasteiger partial charge >= 0.3 is 0 Å². The van der Waals surface area contributed by atoms with Crippen LogP contribution in [0.4, 0.5) is 0 Å². The van der Waals surface area contributed by atoms with Crippen molar-refractivity contribution in [3.63, 3.8) is 0 Å². The molecule has 2 nitrogen and oxygen atoms in total. The molecule has 0 spiro atoms. The van der Waals surface area contributed by atoms with E-state index >= 15 is 0 Å². The summed E-state index contributed by atoms with van der Waals surface area (Å²) in [5.41, 5.74) is 0.989. The molecular formula is C18H25NO. The molecule has 1 aromatic heterocycles. The van der Waals surface area contributed by atoms with Gasteiger partial charge in [0, 0.05) is 5.39 Å². The van der Waals surface area contributed by atoms with Crippen molar-refractivity contribution in [2.24, 2.45) is 11.8 Å². The molecule has 1 aliphatic rings. The van der Waals surface area contributed by atoms with Gasteiger partial charge < -0.3 is 9.73 Å². The number of para-hydroxylation sites is 1. The molecule has 1 aromatic carbocycles. The lowest BCUT2D eigenvalue weighted by atomic mass is 9.83. The molecule has 0 bridgehead atoms. The number of hydrogen-bond acceptors (Lipinski definition) is 2. The van der Waals surface area contributed by atoms with E-state index in [4.69, 9.17) is 4.42 Å². The van der Waals surface area contributed by atoms with Gasteiger partial charge in [0.15, 0.2) is 0 Å². The van der Waals surface area contributed by atoms with E-state index in [0.29, 0.717) is 6.04 Å². The molecule has 1 saturated carbocycles. The van der Waals surface area contributed by atoms with Crippen LogP contribution in [0.2, 0.25) is 0 Å². The van der Waals surface area contributed by atoms with Crippen molar-refractivity contribution in [1.82, 2.24) is 5.32 Å². The molecular weight excluding hydrogens is 246 g/mol. The summed E-state index contributed by atoms with van der Waals surface area (Å²) in [6, 6.07) is 10.7. The Kier molecular flexibility index (Phi) is 4.11. The number of nitrogens with one attached hydrogen (secondary N) is 1. The topological polar surface area (TPSA) is 25.2 Å². The molecule has 1 fully saturated rings. The van der Waals surface area contributed by atoms with Gasteiger partial charge in [-0.25, -0.2) is 0 Å². The zero-order valence-electron chi connectivity index (χ0n) is 12.6. The molecule has 20 heavy (non-hydrogen) atoms. The highest BCUT2D eigenvalue weighted by molar-refractivity contribution is 5.77. The molecule has 0 saturated heterocycles. The first kappa shape index (κ1) is 13.7. The van der Waals surface area contributed by atoms with Gasteiger partial charge in [-0.2, -0.15) is 0 Å². The summed E-state index contributed by atoms with van der Waals surface area (Å²) >= 11 is 0. The van der Waals surface area contributed by atoms with Crippen LogP contribution in [0, 0.1) is 11.8 Å². The predicted molar refractivity (Wildman–Crippen MR) is 83.8 cm³/mol. The van der Waals surface area contributed by atoms with Crippen LogP contribution in [-0.2, 0) is 0 Å². The van der Waals surface area contributed by atoms with Gasteiger partial charge in [0.25, 0.3) is 0 Å². The summed E-state index contributed by atoms with van der Waals surface area (Å²) in [4.78, 5) is 0. The van der Waals surface area contributed by atoms with Crippen LogP contribution in [-0.4, -0.2) is 6.54 Å². The molecule has 0 radical (unpaired) electrons. The van der Waals surface area contributed by atoms with Crippen LogP contribution in [0.1, 0.15) is 51.3 Å². The first-order valence-corrected chi connectivity index (χ1v) is 7.94. The average Bonchev–Trinajstić information content (AvgIpc) is 2.90. The molecule has 0 amide bonds. The second-order valence-corrected chi connectivity index (χ2v) is 6.44. The van der Waals surface area contributed by atoms with Crippen LogP contribution >= 0.6 is 0 Å². The Hall–Kier alpha value is -1.28. The van der Waals surface area contributed by atoms with E-state index in [2.05, 4.69) is 37.4 Å². The van der Waals surface area contributed by atoms with Gasteiger partial charge in [0.05, 0.1) is 6.04 Å². The fourth-order valence-electron chi connectivity index (χ4n) is 3.19. The maximum Gasteiger partial charge on any atom is 0.134 e. The minimum atomic E-state index is 0.293. The van der Waals surface area contributed by atoms with Gasteiger partial charge in [0.1, 0.15) is 11.3 Å². The van der Waals surface area contributed by atoms with E-state index in [1.165, 1.54) is 31.1 Å². The number of hydrogen-bond donors (Lipinski definition) is 1. The van der Waals surface area contributed by atoms with Gasteiger partial charge in [0.2, 0.25) is 0 Å². The molecule has 1 heterocycles. The average molecular weight is 271 g/mol. The van der Waals surface area contributed by atoms with E-state index in [1.807, 2.05) is 12.1 Å². The largest absolute Gasteiger partial charge is 0.459 e. The monoisotopic (exact) mass is 271 g/mol. The summed E-state index contributed by atoms with van der Waals surface area (Å²) in [5.74, 6) is 2.83. The standard InChI is InChI=1S/C18H25NO/c1-13-7-9-15(10-8-13)12-19-14(2)18-11-16-5-3-4-6-17(16)20-18/h3-6,11,13-15,19H,7-10,12H2,1-2H3. The minimum absolute atomic E-state index is 0.293. The van der Waals surface area contributed by atoms with Crippen LogP contribution in [0.25, 0.3) is 11.0 Å². The highest BCUT2D eigenvalue weighted by atomic mass is 16.3. The van der Waals surface area contributed by atoms with Crippen molar-refractivity contribution in [3.8, 4) is 0 Å². The highest BCUT2D eigenvalue weighted by Gasteiger charge is 2.19. The molecule has 1 atom stereocenters. The van der Waals surface area contributed by atoms with E-state index in [0.717, 1.165) is 29.7 Å². The lowest BCUT2D eigenvalue weighted by Gasteiger charge is -2.27. The molecule has 2 aromatic rings. The Morgan fingerprint density at radius 2 is 1.95 bits per heavy atom. The van der Waals surface area contributed by atoms with E-state index < -0.39 is 0 Å². The maximum atomic E-state index is 5.92. The third-order valence-corrected chi connectivity index (χ3v) is 4.72. The molecule has 0 aliphatic heterocycles. The Morgan fingerprint density at radius 1 is 1.20 bits per heavy atom. The quantitative estimate of drug-likeness (QED) is 0.854. The van der Waals surface area contributed by atoms with Crippen molar-refractivity contribution in [3.05, 3.63) is 36.1 Å². The van der Waals surface area contributed by atoms with E-state index in [9.17, 15) is 0 Å². The summed E-state index contributed by atoms with van der Waals surface area (Å²) in [7, 11) is 0. The Balaban J connectivity index is 1.57. The van der Waals surface area contributed by atoms with Crippen molar-refractivity contribution in [1.29, 1.82) is 0 Å². The fourth-order valence-corrected chi connectivity index (χ4v) is 3.19. The Bertz CT molecular complexity index is 518. The van der Waals surface area contributed by atoms with Crippen LogP contribution in [0.5, 0.6) is 0 Å². The lowest BCUT2D eigenvalue weighted by Crippen LogP contribution is -2.28. The van der Waals surface area contributed by atoms with E-state index in [1.54, 1.807) is 0 Å². The molecule has 1 aliphatic carbocycles. The molecule has 3 rings (SSSR count). The Morgan fingerprint density at radius 3 is 2.70 bits per heavy atom. The smallest absolute Gasteiger partial charge is 0.134 e. The first-order chi connectivity index (χ1) is 9.72. The molecule has 108 valence electrons. The maximum absolute atomic E-state index is 5.92. The molecule has 1 N–H and O–H groups in total. The SMILES string of the molecule is CC1CCC(CNC(C)c2cc3ccccc3o2)CC1. The second kappa shape index (κ2) is 6.01. The number of furan rings is 1. The van der Waals surface area contributed by atoms with Crippen molar-refractivity contribution >= 4 is 11.0 Å². The summed E-state index contributed by atoms with van der Waals surface area (Å²) in [6.45, 7) is 5.69. The van der Waals surface area contributed by atoms with Crippen LogP contribution in [0.3, 0.4) is 0 Å². The van der Waals surface area contributed by atoms with Gasteiger partial charge in [-0.3, -0.25) is 0 Å². The predicted octanol–water partition coefficient (Wildman–Crippen LogP) is 4.91. The van der Waals surface area contributed by atoms with Gasteiger partial charge in [-0.1, -0.05) is 38.0 Å². The van der Waals surface area contributed by atoms with Crippen molar-refractivity contribution < 1.29 is 4.42 Å². The molecule has 2 heteroatoms. The van der Waals surface area contributed by atoms with Gasteiger partial charge in [-0.15, -0.1) is 0 Å². The third-order valence-electron chi connectivity index (χ3n) is 4.72. The van der Waals surface area contributed by atoms with Crippen molar-refractivity contribution in [2.45, 2.75) is 45.6 Å². The number of rotatable bonds is 4. The number of fused-ring (bicyclic) bond motifs is 1. The lowest BCUT2D eigenvalue weighted by molar-refractivity contribution is 0.272. The normalized spacial score (nSPS) is 24.9. The Labute approximate surface area is 121 Å². The van der Waals surface area contributed by atoms with Gasteiger partial charge in [-0.05, 0) is 50.3 Å². The summed E-state index contributed by atoms with van der Waals surface area (Å²) in [6.07, 6.45) is 5.54. The fraction of sp³-hybridized carbons (Fsp3) is 0.556. The minimum Gasteiger partial charge on any atom is -0.459 e. The van der Waals surface area contributed by atoms with E-state index in [-0.39, 0.29) is 0 Å². The van der Waals surface area contributed by atoms with Crippen molar-refractivity contribution in [2.75, 3.05) is 6.54 Å². The first-order valence-electron chi connectivity index (χ1n) is 7.94. The van der Waals surface area contributed by atoms with Crippen LogP contribution < -0.4 is 5.32 Å². The van der Waals surface area contributed by atoms with Crippen LogP contribution in [0.15, 0.2) is 34.7 Å². The third kappa shape index (κ3) is 3.06. The zero-order chi connectivity index (χ0) is 13.9.